The molecule has 0 spiro atoms. The highest BCUT2D eigenvalue weighted by molar-refractivity contribution is 7.10. The SMILES string of the molecule is Cc1nsc(NCC(C)C(C)C)c1C(=O)O. The summed E-state index contributed by atoms with van der Waals surface area (Å²) in [6.45, 7) is 8.95. The maximum atomic E-state index is 11.0. The maximum Gasteiger partial charge on any atom is 0.340 e. The second-order valence-electron chi connectivity index (χ2n) is 4.38. The lowest BCUT2D eigenvalue weighted by atomic mass is 9.98. The lowest BCUT2D eigenvalue weighted by Gasteiger charge is -2.16. The molecule has 5 heteroatoms. The predicted octanol–water partition coefficient (Wildman–Crippen LogP) is 2.85. The van der Waals surface area contributed by atoms with Gasteiger partial charge in [-0.3, -0.25) is 0 Å². The van der Waals surface area contributed by atoms with Crippen molar-refractivity contribution in [3.8, 4) is 0 Å². The highest BCUT2D eigenvalue weighted by Gasteiger charge is 2.18. The zero-order valence-corrected chi connectivity index (χ0v) is 10.9. The molecule has 0 aliphatic heterocycles. The first-order chi connectivity index (χ1) is 7.43. The quantitative estimate of drug-likeness (QED) is 0.833. The standard InChI is InChI=1S/C11H18N2O2S/c1-6(2)7(3)5-12-10-9(11(14)15)8(4)13-16-10/h6-7,12H,5H2,1-4H3,(H,14,15). The van der Waals surface area contributed by atoms with Crippen molar-refractivity contribution in [2.24, 2.45) is 11.8 Å². The molecule has 0 radical (unpaired) electrons. The summed E-state index contributed by atoms with van der Waals surface area (Å²) in [6, 6.07) is 0. The number of nitrogens with one attached hydrogen (secondary N) is 1. The Labute approximate surface area is 99.9 Å². The predicted molar refractivity (Wildman–Crippen MR) is 66.3 cm³/mol. The molecule has 0 saturated heterocycles. The number of aromatic carboxylic acids is 1. The molecule has 1 aromatic rings. The van der Waals surface area contributed by atoms with Gasteiger partial charge in [-0.15, -0.1) is 0 Å². The Bertz CT molecular complexity index is 374. The molecule has 0 amide bonds. The Morgan fingerprint density at radius 1 is 1.50 bits per heavy atom. The van der Waals surface area contributed by atoms with Crippen LogP contribution in [0.5, 0.6) is 0 Å². The average molecular weight is 242 g/mol. The Morgan fingerprint density at radius 2 is 2.12 bits per heavy atom. The van der Waals surface area contributed by atoms with E-state index in [1.165, 1.54) is 11.5 Å². The fourth-order valence-corrected chi connectivity index (χ4v) is 2.03. The first-order valence-electron chi connectivity index (χ1n) is 5.37. The van der Waals surface area contributed by atoms with Crippen LogP contribution in [0.3, 0.4) is 0 Å². The number of hydrogen-bond acceptors (Lipinski definition) is 4. The summed E-state index contributed by atoms with van der Waals surface area (Å²) in [7, 11) is 0. The van der Waals surface area contributed by atoms with Crippen LogP contribution in [0.25, 0.3) is 0 Å². The number of carboxylic acids is 1. The number of aryl methyl sites for hydroxylation is 1. The topological polar surface area (TPSA) is 62.2 Å². The summed E-state index contributed by atoms with van der Waals surface area (Å²) in [6.07, 6.45) is 0. The number of anilines is 1. The molecule has 0 bridgehead atoms. The zero-order valence-electron chi connectivity index (χ0n) is 10.1. The van der Waals surface area contributed by atoms with Gasteiger partial charge < -0.3 is 10.4 Å². The zero-order chi connectivity index (χ0) is 12.3. The van der Waals surface area contributed by atoms with E-state index in [0.29, 0.717) is 28.1 Å². The van der Waals surface area contributed by atoms with E-state index in [2.05, 4.69) is 30.5 Å². The van der Waals surface area contributed by atoms with Gasteiger partial charge in [-0.2, -0.15) is 4.37 Å². The Hall–Kier alpha value is -1.10. The Kier molecular flexibility index (Phi) is 4.29. The normalized spacial score (nSPS) is 12.8. The molecule has 1 atom stereocenters. The highest BCUT2D eigenvalue weighted by atomic mass is 32.1. The summed E-state index contributed by atoms with van der Waals surface area (Å²) in [5.41, 5.74) is 0.887. The van der Waals surface area contributed by atoms with Gasteiger partial charge in [-0.05, 0) is 30.3 Å². The van der Waals surface area contributed by atoms with Gasteiger partial charge in [0.2, 0.25) is 0 Å². The summed E-state index contributed by atoms with van der Waals surface area (Å²) in [4.78, 5) is 11.0. The monoisotopic (exact) mass is 242 g/mol. The maximum absolute atomic E-state index is 11.0. The third kappa shape index (κ3) is 2.95. The van der Waals surface area contributed by atoms with Gasteiger partial charge in [0.05, 0.1) is 5.69 Å². The molecular formula is C11H18N2O2S. The fourth-order valence-electron chi connectivity index (χ4n) is 1.23. The van der Waals surface area contributed by atoms with Crippen molar-refractivity contribution in [3.05, 3.63) is 11.3 Å². The summed E-state index contributed by atoms with van der Waals surface area (Å²) in [5.74, 6) is 0.171. The van der Waals surface area contributed by atoms with Crippen molar-refractivity contribution in [2.75, 3.05) is 11.9 Å². The van der Waals surface area contributed by atoms with Gasteiger partial charge in [-0.25, -0.2) is 4.79 Å². The third-order valence-corrected chi connectivity index (χ3v) is 3.70. The van der Waals surface area contributed by atoms with Crippen LogP contribution in [0.1, 0.15) is 36.8 Å². The Morgan fingerprint density at radius 3 is 2.62 bits per heavy atom. The number of carbonyl (C=O) groups is 1. The molecule has 1 unspecified atom stereocenters. The highest BCUT2D eigenvalue weighted by Crippen LogP contribution is 2.25. The van der Waals surface area contributed by atoms with Crippen LogP contribution in [0.15, 0.2) is 0 Å². The first kappa shape index (κ1) is 13.0. The summed E-state index contributed by atoms with van der Waals surface area (Å²) < 4.78 is 4.06. The van der Waals surface area contributed by atoms with Gasteiger partial charge >= 0.3 is 5.97 Å². The second-order valence-corrected chi connectivity index (χ2v) is 5.15. The van der Waals surface area contributed by atoms with Gasteiger partial charge in [0.25, 0.3) is 0 Å². The number of nitrogens with zero attached hydrogens (tertiary/aromatic N) is 1. The molecular weight excluding hydrogens is 224 g/mol. The fraction of sp³-hybridized carbons (Fsp3) is 0.636. The van der Waals surface area contributed by atoms with E-state index >= 15 is 0 Å². The molecule has 90 valence electrons. The average Bonchev–Trinajstić information content (AvgIpc) is 2.55. The van der Waals surface area contributed by atoms with Crippen molar-refractivity contribution in [1.29, 1.82) is 0 Å². The first-order valence-corrected chi connectivity index (χ1v) is 6.14. The van der Waals surface area contributed by atoms with Crippen LogP contribution >= 0.6 is 11.5 Å². The van der Waals surface area contributed by atoms with Crippen LogP contribution in [0, 0.1) is 18.8 Å². The number of rotatable bonds is 5. The van der Waals surface area contributed by atoms with E-state index in [0.717, 1.165) is 6.54 Å². The van der Waals surface area contributed by atoms with E-state index in [1.807, 2.05) is 0 Å². The van der Waals surface area contributed by atoms with Crippen LogP contribution in [0.4, 0.5) is 5.00 Å². The minimum Gasteiger partial charge on any atom is -0.478 e. The van der Waals surface area contributed by atoms with E-state index in [1.54, 1.807) is 6.92 Å². The third-order valence-electron chi connectivity index (χ3n) is 2.80. The van der Waals surface area contributed by atoms with E-state index < -0.39 is 5.97 Å². The molecule has 1 aromatic heterocycles. The van der Waals surface area contributed by atoms with Crippen molar-refractivity contribution in [3.63, 3.8) is 0 Å². The summed E-state index contributed by atoms with van der Waals surface area (Å²) in [5, 5.41) is 12.9. The smallest absolute Gasteiger partial charge is 0.340 e. The molecule has 0 aliphatic carbocycles. The molecule has 0 fully saturated rings. The Balaban J connectivity index is 2.71. The van der Waals surface area contributed by atoms with E-state index in [4.69, 9.17) is 5.11 Å². The van der Waals surface area contributed by atoms with Gasteiger partial charge in [0, 0.05) is 6.54 Å². The number of hydrogen-bond donors (Lipinski definition) is 2. The van der Waals surface area contributed by atoms with Crippen molar-refractivity contribution in [1.82, 2.24) is 4.37 Å². The van der Waals surface area contributed by atoms with E-state index in [-0.39, 0.29) is 0 Å². The molecule has 0 aliphatic rings. The minimum absolute atomic E-state index is 0.306. The molecule has 1 rings (SSSR count). The molecule has 0 aromatic carbocycles. The lowest BCUT2D eigenvalue weighted by molar-refractivity contribution is 0.0697. The van der Waals surface area contributed by atoms with Gasteiger partial charge in [-0.1, -0.05) is 20.8 Å². The van der Waals surface area contributed by atoms with Crippen LogP contribution in [0.2, 0.25) is 0 Å². The minimum atomic E-state index is -0.911. The van der Waals surface area contributed by atoms with Gasteiger partial charge in [0.15, 0.2) is 0 Å². The lowest BCUT2D eigenvalue weighted by Crippen LogP contribution is -2.17. The molecule has 0 saturated carbocycles. The molecule has 16 heavy (non-hydrogen) atoms. The molecule has 2 N–H and O–H groups in total. The summed E-state index contributed by atoms with van der Waals surface area (Å²) >= 11 is 1.22. The van der Waals surface area contributed by atoms with Gasteiger partial charge in [0.1, 0.15) is 10.6 Å². The largest absolute Gasteiger partial charge is 0.478 e. The second kappa shape index (κ2) is 5.30. The molecule has 4 nitrogen and oxygen atoms in total. The van der Waals surface area contributed by atoms with Crippen molar-refractivity contribution >= 4 is 22.5 Å². The van der Waals surface area contributed by atoms with Crippen molar-refractivity contribution < 1.29 is 9.90 Å². The van der Waals surface area contributed by atoms with E-state index in [9.17, 15) is 4.79 Å². The number of aromatic nitrogens is 1. The number of carboxylic acid groups (broad SMARTS) is 1. The van der Waals surface area contributed by atoms with Crippen LogP contribution in [-0.4, -0.2) is 22.0 Å². The van der Waals surface area contributed by atoms with Crippen molar-refractivity contribution in [2.45, 2.75) is 27.7 Å². The molecule has 1 heterocycles. The van der Waals surface area contributed by atoms with Crippen LogP contribution in [-0.2, 0) is 0 Å². The van der Waals surface area contributed by atoms with Crippen LogP contribution < -0.4 is 5.32 Å².